The molecule has 18 heavy (non-hydrogen) atoms. The molecule has 0 radical (unpaired) electrons. The Morgan fingerprint density at radius 1 is 1.44 bits per heavy atom. The summed E-state index contributed by atoms with van der Waals surface area (Å²) in [5, 5.41) is 12.0. The number of aromatic nitrogens is 4. The summed E-state index contributed by atoms with van der Waals surface area (Å²) in [6.07, 6.45) is 2.83. The molecule has 5 nitrogen and oxygen atoms in total. The van der Waals surface area contributed by atoms with E-state index in [0.717, 1.165) is 17.8 Å². The standard InChI is InChI=1S/C12H19N5S/c1-8(2)11-12(18-16-14-11)10(13-3)7-9-5-6-17(4)15-9/h5-6,8,10,13H,7H2,1-4H3. The third-order valence-electron chi connectivity index (χ3n) is 2.93. The largest absolute Gasteiger partial charge is 0.312 e. The second-order valence-electron chi connectivity index (χ2n) is 4.70. The number of nitrogens with zero attached hydrogens (tertiary/aromatic N) is 4. The van der Waals surface area contributed by atoms with Crippen molar-refractivity contribution < 1.29 is 0 Å². The van der Waals surface area contributed by atoms with Crippen molar-refractivity contribution in [3.8, 4) is 0 Å². The number of likely N-dealkylation sites (N-methyl/N-ethyl adjacent to an activating group) is 1. The van der Waals surface area contributed by atoms with Crippen molar-refractivity contribution >= 4 is 11.5 Å². The van der Waals surface area contributed by atoms with Crippen LogP contribution in [0.2, 0.25) is 0 Å². The van der Waals surface area contributed by atoms with Gasteiger partial charge in [0.1, 0.15) is 0 Å². The van der Waals surface area contributed by atoms with E-state index in [9.17, 15) is 0 Å². The van der Waals surface area contributed by atoms with E-state index < -0.39 is 0 Å². The molecule has 2 rings (SSSR count). The second-order valence-corrected chi connectivity index (χ2v) is 5.49. The van der Waals surface area contributed by atoms with Crippen molar-refractivity contribution in [3.63, 3.8) is 0 Å². The minimum atomic E-state index is 0.234. The van der Waals surface area contributed by atoms with Gasteiger partial charge in [-0.15, -0.1) is 5.10 Å². The minimum absolute atomic E-state index is 0.234. The Labute approximate surface area is 111 Å². The summed E-state index contributed by atoms with van der Waals surface area (Å²) in [4.78, 5) is 1.22. The smallest absolute Gasteiger partial charge is 0.0829 e. The third kappa shape index (κ3) is 2.76. The molecule has 6 heteroatoms. The van der Waals surface area contributed by atoms with E-state index in [1.54, 1.807) is 0 Å². The van der Waals surface area contributed by atoms with E-state index >= 15 is 0 Å². The van der Waals surface area contributed by atoms with Crippen molar-refractivity contribution in [2.24, 2.45) is 7.05 Å². The van der Waals surface area contributed by atoms with E-state index in [2.05, 4.69) is 33.8 Å². The number of aryl methyl sites for hydroxylation is 1. The molecule has 0 saturated heterocycles. The molecule has 1 unspecified atom stereocenters. The molecule has 98 valence electrons. The molecule has 0 aromatic carbocycles. The van der Waals surface area contributed by atoms with Crippen molar-refractivity contribution in [1.82, 2.24) is 24.7 Å². The average Bonchev–Trinajstić information content (AvgIpc) is 2.94. The van der Waals surface area contributed by atoms with Crippen molar-refractivity contribution in [3.05, 3.63) is 28.5 Å². The summed E-state index contributed by atoms with van der Waals surface area (Å²) in [6, 6.07) is 2.28. The quantitative estimate of drug-likeness (QED) is 0.897. The van der Waals surface area contributed by atoms with Crippen LogP contribution in [0.3, 0.4) is 0 Å². The maximum atomic E-state index is 4.42. The molecule has 2 heterocycles. The number of hydrogen-bond donors (Lipinski definition) is 1. The van der Waals surface area contributed by atoms with Crippen LogP contribution in [0.5, 0.6) is 0 Å². The zero-order valence-electron chi connectivity index (χ0n) is 11.2. The van der Waals surface area contributed by atoms with E-state index in [1.165, 1.54) is 16.4 Å². The Morgan fingerprint density at radius 3 is 2.78 bits per heavy atom. The highest BCUT2D eigenvalue weighted by Gasteiger charge is 2.20. The molecular formula is C12H19N5S. The second kappa shape index (κ2) is 5.58. The maximum absolute atomic E-state index is 4.42. The van der Waals surface area contributed by atoms with Crippen LogP contribution in [0.1, 0.15) is 42.1 Å². The molecule has 0 fully saturated rings. The fourth-order valence-electron chi connectivity index (χ4n) is 1.95. The molecule has 0 saturated carbocycles. The van der Waals surface area contributed by atoms with Crippen LogP contribution in [0.25, 0.3) is 0 Å². The van der Waals surface area contributed by atoms with Crippen LogP contribution >= 0.6 is 11.5 Å². The monoisotopic (exact) mass is 265 g/mol. The Morgan fingerprint density at radius 2 is 2.22 bits per heavy atom. The Kier molecular flexibility index (Phi) is 4.08. The van der Waals surface area contributed by atoms with E-state index in [0.29, 0.717) is 5.92 Å². The van der Waals surface area contributed by atoms with Gasteiger partial charge in [0.25, 0.3) is 0 Å². The highest BCUT2D eigenvalue weighted by atomic mass is 32.1. The Balaban J connectivity index is 2.20. The number of hydrogen-bond acceptors (Lipinski definition) is 5. The van der Waals surface area contributed by atoms with Crippen molar-refractivity contribution in [2.75, 3.05) is 7.05 Å². The van der Waals surface area contributed by atoms with Gasteiger partial charge in [-0.05, 0) is 30.6 Å². The highest BCUT2D eigenvalue weighted by molar-refractivity contribution is 7.05. The molecule has 1 atom stereocenters. The topological polar surface area (TPSA) is 55.6 Å². The first-order valence-electron chi connectivity index (χ1n) is 6.09. The number of rotatable bonds is 5. The van der Waals surface area contributed by atoms with Crippen LogP contribution in [0.4, 0.5) is 0 Å². The minimum Gasteiger partial charge on any atom is -0.312 e. The van der Waals surface area contributed by atoms with Gasteiger partial charge in [-0.2, -0.15) is 5.10 Å². The average molecular weight is 265 g/mol. The summed E-state index contributed by atoms with van der Waals surface area (Å²) >= 11 is 1.48. The SMILES string of the molecule is CNC(Cc1ccn(C)n1)c1snnc1C(C)C. The van der Waals surface area contributed by atoms with Crippen LogP contribution in [0.15, 0.2) is 12.3 Å². The lowest BCUT2D eigenvalue weighted by Crippen LogP contribution is -2.19. The van der Waals surface area contributed by atoms with Gasteiger partial charge >= 0.3 is 0 Å². The van der Waals surface area contributed by atoms with Crippen molar-refractivity contribution in [2.45, 2.75) is 32.2 Å². The fraction of sp³-hybridized carbons (Fsp3) is 0.583. The summed E-state index contributed by atoms with van der Waals surface area (Å²) in [5.74, 6) is 0.401. The van der Waals surface area contributed by atoms with Crippen LogP contribution < -0.4 is 5.32 Å². The van der Waals surface area contributed by atoms with Crippen LogP contribution in [-0.4, -0.2) is 26.4 Å². The van der Waals surface area contributed by atoms with Gasteiger partial charge in [0.15, 0.2) is 0 Å². The first kappa shape index (κ1) is 13.2. The zero-order chi connectivity index (χ0) is 13.1. The fourth-order valence-corrected chi connectivity index (χ4v) is 2.87. The van der Waals surface area contributed by atoms with Gasteiger partial charge in [0.2, 0.25) is 0 Å². The van der Waals surface area contributed by atoms with Gasteiger partial charge < -0.3 is 5.32 Å². The Bertz CT molecular complexity index is 502. The van der Waals surface area contributed by atoms with Gasteiger partial charge in [0.05, 0.1) is 22.3 Å². The summed E-state index contributed by atoms with van der Waals surface area (Å²) < 4.78 is 5.91. The van der Waals surface area contributed by atoms with E-state index in [-0.39, 0.29) is 6.04 Å². The molecule has 2 aromatic heterocycles. The third-order valence-corrected chi connectivity index (χ3v) is 3.79. The predicted molar refractivity (Wildman–Crippen MR) is 72.7 cm³/mol. The van der Waals surface area contributed by atoms with E-state index in [1.807, 2.05) is 31.0 Å². The molecule has 1 N–H and O–H groups in total. The first-order valence-corrected chi connectivity index (χ1v) is 6.87. The molecule has 0 aliphatic heterocycles. The van der Waals surface area contributed by atoms with Crippen LogP contribution in [-0.2, 0) is 13.5 Å². The maximum Gasteiger partial charge on any atom is 0.0829 e. The summed E-state index contributed by atoms with van der Waals surface area (Å²) in [6.45, 7) is 4.29. The molecular weight excluding hydrogens is 246 g/mol. The van der Waals surface area contributed by atoms with Gasteiger partial charge in [0, 0.05) is 19.7 Å². The van der Waals surface area contributed by atoms with Gasteiger partial charge in [-0.25, -0.2) is 0 Å². The zero-order valence-corrected chi connectivity index (χ0v) is 12.0. The molecule has 0 spiro atoms. The summed E-state index contributed by atoms with van der Waals surface area (Å²) in [7, 11) is 3.91. The molecule has 0 bridgehead atoms. The number of nitrogens with one attached hydrogen (secondary N) is 1. The molecule has 0 amide bonds. The lowest BCUT2D eigenvalue weighted by atomic mass is 10.0. The van der Waals surface area contributed by atoms with Gasteiger partial charge in [-0.1, -0.05) is 18.3 Å². The Hall–Kier alpha value is -1.27. The van der Waals surface area contributed by atoms with Crippen LogP contribution in [0, 0.1) is 0 Å². The molecule has 0 aliphatic carbocycles. The molecule has 0 aliphatic rings. The lowest BCUT2D eigenvalue weighted by molar-refractivity contribution is 0.575. The summed E-state index contributed by atoms with van der Waals surface area (Å²) in [5.41, 5.74) is 2.18. The predicted octanol–water partition coefficient (Wildman–Crippen LogP) is 1.90. The molecule has 2 aromatic rings. The van der Waals surface area contributed by atoms with Gasteiger partial charge in [-0.3, -0.25) is 4.68 Å². The normalized spacial score (nSPS) is 13.2. The highest BCUT2D eigenvalue weighted by Crippen LogP contribution is 2.27. The van der Waals surface area contributed by atoms with E-state index in [4.69, 9.17) is 0 Å². The first-order chi connectivity index (χ1) is 8.61. The van der Waals surface area contributed by atoms with Crippen molar-refractivity contribution in [1.29, 1.82) is 0 Å². The lowest BCUT2D eigenvalue weighted by Gasteiger charge is -2.15.